The van der Waals surface area contributed by atoms with E-state index < -0.39 is 26.3 Å². The van der Waals surface area contributed by atoms with Crippen LogP contribution in [0.15, 0.2) is 24.3 Å². The number of hydrogen-bond acceptors (Lipinski definition) is 4. The molecule has 1 heterocycles. The van der Waals surface area contributed by atoms with Crippen molar-refractivity contribution < 1.29 is 23.6 Å². The molecule has 0 radical (unpaired) electrons. The Morgan fingerprint density at radius 2 is 1.78 bits per heavy atom. The van der Waals surface area contributed by atoms with Gasteiger partial charge in [-0.05, 0) is 12.1 Å². The first-order valence-corrected chi connectivity index (χ1v) is 6.58. The lowest BCUT2D eigenvalue weighted by atomic mass is 10.1. The van der Waals surface area contributed by atoms with Crippen molar-refractivity contribution in [3.63, 3.8) is 0 Å². The number of carbonyl (C=O) groups excluding carboxylic acids is 2. The minimum absolute atomic E-state index is 0.231. The van der Waals surface area contributed by atoms with Crippen molar-refractivity contribution in [1.82, 2.24) is 4.90 Å². The molecule has 0 spiro atoms. The average Bonchev–Trinajstić information content (AvgIpc) is 2.60. The Labute approximate surface area is 108 Å². The first-order valence-electron chi connectivity index (χ1n) is 4.92. The highest BCUT2D eigenvalue weighted by atomic mass is 35.5. The van der Waals surface area contributed by atoms with E-state index in [1.165, 1.54) is 12.1 Å². The monoisotopic (exact) mass is 288 g/mol. The molecule has 1 aromatic rings. The molecule has 0 aliphatic carbocycles. The van der Waals surface area contributed by atoms with Crippen LogP contribution >= 0.6 is 19.9 Å². The number of hydrogen-bond donors (Lipinski definition) is 1. The third-order valence-electron chi connectivity index (χ3n) is 2.46. The van der Waals surface area contributed by atoms with Gasteiger partial charge in [-0.25, -0.2) is 4.90 Å². The Morgan fingerprint density at radius 1 is 1.28 bits per heavy atom. The predicted molar refractivity (Wildman–Crippen MR) is 62.4 cm³/mol. The fourth-order valence-electron chi connectivity index (χ4n) is 1.72. The van der Waals surface area contributed by atoms with E-state index in [0.29, 0.717) is 0 Å². The Bertz CT molecular complexity index is 500. The summed E-state index contributed by atoms with van der Waals surface area (Å²) in [5, 5.41) is 0. The molecule has 18 heavy (non-hydrogen) atoms. The number of rotatable bonds is 4. The molecule has 1 aliphatic rings. The van der Waals surface area contributed by atoms with Crippen LogP contribution < -0.4 is 0 Å². The van der Waals surface area contributed by atoms with Crippen LogP contribution in [-0.2, 0) is 9.09 Å². The number of fused-ring (bicyclic) bond motifs is 1. The summed E-state index contributed by atoms with van der Waals surface area (Å²) in [6, 6.07) is 6.24. The second-order valence-corrected chi connectivity index (χ2v) is 4.47. The second-order valence-electron chi connectivity index (χ2n) is 3.48. The highest BCUT2D eigenvalue weighted by Crippen LogP contribution is 2.29. The van der Waals surface area contributed by atoms with Crippen LogP contribution in [0.25, 0.3) is 0 Å². The quantitative estimate of drug-likeness (QED) is 0.516. The Morgan fingerprint density at radius 3 is 2.17 bits per heavy atom. The van der Waals surface area contributed by atoms with Gasteiger partial charge in [0.15, 0.2) is 0 Å². The molecule has 1 unspecified atom stereocenters. The fraction of sp³-hybridized carbons (Fsp3) is 0.200. The number of alkyl halides is 1. The first-order chi connectivity index (χ1) is 8.56. The molecule has 0 fully saturated rings. The largest absolute Gasteiger partial charge is 0.696 e. The van der Waals surface area contributed by atoms with E-state index in [2.05, 4.69) is 4.52 Å². The summed E-state index contributed by atoms with van der Waals surface area (Å²) in [6.07, 6.45) is -1.26. The van der Waals surface area contributed by atoms with Gasteiger partial charge in [0, 0.05) is 4.57 Å². The first kappa shape index (κ1) is 13.1. The molecule has 0 aromatic heterocycles. The van der Waals surface area contributed by atoms with Gasteiger partial charge < -0.3 is 0 Å². The van der Waals surface area contributed by atoms with Gasteiger partial charge in [-0.15, -0.1) is 16.5 Å². The maximum atomic E-state index is 12.0. The van der Waals surface area contributed by atoms with Crippen LogP contribution in [0.5, 0.6) is 0 Å². The zero-order chi connectivity index (χ0) is 13.3. The molecular weight excluding hydrogens is 281 g/mol. The molecule has 8 heteroatoms. The normalized spacial score (nSPS) is 16.8. The minimum atomic E-state index is -2.96. The molecule has 0 saturated heterocycles. The molecule has 6 nitrogen and oxygen atoms in total. The molecule has 2 rings (SSSR count). The van der Waals surface area contributed by atoms with E-state index >= 15 is 0 Å². The van der Waals surface area contributed by atoms with Crippen molar-refractivity contribution in [3.05, 3.63) is 35.4 Å². The number of halogens is 1. The number of carbonyl (C=O) groups is 2. The topological polar surface area (TPSA) is 83.9 Å². The molecule has 1 N–H and O–H groups in total. The van der Waals surface area contributed by atoms with Crippen molar-refractivity contribution in [2.24, 2.45) is 0 Å². The SMILES string of the molecule is O=C1c2ccccc2C(=O)N1[C@H](CCl)O[P+](=O)O. The summed E-state index contributed by atoms with van der Waals surface area (Å²) >= 11 is 5.55. The third-order valence-corrected chi connectivity index (χ3v) is 3.15. The van der Waals surface area contributed by atoms with Crippen LogP contribution in [0.1, 0.15) is 20.7 Å². The standard InChI is InChI=1S/C10H7ClNO5P/c11-5-8(17-18(15)16)12-9(13)6-3-1-2-4-7(6)10(12)14/h1-4,8H,5H2/p+1/t8-/m0/s1. The van der Waals surface area contributed by atoms with Gasteiger partial charge in [0.2, 0.25) is 6.23 Å². The van der Waals surface area contributed by atoms with E-state index in [0.717, 1.165) is 4.90 Å². The van der Waals surface area contributed by atoms with E-state index in [-0.39, 0.29) is 17.0 Å². The lowest BCUT2D eigenvalue weighted by Crippen LogP contribution is -2.41. The van der Waals surface area contributed by atoms with Gasteiger partial charge in [-0.1, -0.05) is 16.7 Å². The molecule has 94 valence electrons. The van der Waals surface area contributed by atoms with E-state index in [1.54, 1.807) is 12.1 Å². The van der Waals surface area contributed by atoms with E-state index in [9.17, 15) is 14.2 Å². The van der Waals surface area contributed by atoms with Crippen LogP contribution in [-0.4, -0.2) is 33.7 Å². The summed E-state index contributed by atoms with van der Waals surface area (Å²) in [5.41, 5.74) is 0.462. The second kappa shape index (κ2) is 5.12. The van der Waals surface area contributed by atoms with Crippen molar-refractivity contribution >= 4 is 31.7 Å². The Balaban J connectivity index is 2.35. The molecular formula is C10H8ClNO5P+. The average molecular weight is 289 g/mol. The van der Waals surface area contributed by atoms with Crippen LogP contribution in [0.3, 0.4) is 0 Å². The predicted octanol–water partition coefficient (Wildman–Crippen LogP) is 1.51. The molecule has 0 saturated carbocycles. The zero-order valence-corrected chi connectivity index (χ0v) is 10.6. The van der Waals surface area contributed by atoms with Crippen molar-refractivity contribution in [2.45, 2.75) is 6.23 Å². The fourth-order valence-corrected chi connectivity index (χ4v) is 2.38. The van der Waals surface area contributed by atoms with Gasteiger partial charge in [-0.3, -0.25) is 9.59 Å². The maximum Gasteiger partial charge on any atom is 0.696 e. The zero-order valence-electron chi connectivity index (χ0n) is 8.95. The summed E-state index contributed by atoms with van der Waals surface area (Å²) < 4.78 is 15.2. The van der Waals surface area contributed by atoms with Crippen LogP contribution in [0.2, 0.25) is 0 Å². The van der Waals surface area contributed by atoms with Crippen molar-refractivity contribution in [1.29, 1.82) is 0 Å². The molecule has 1 aliphatic heterocycles. The third kappa shape index (κ3) is 2.15. The van der Waals surface area contributed by atoms with Gasteiger partial charge in [0.25, 0.3) is 11.8 Å². The number of imide groups is 1. The Hall–Kier alpha value is -1.33. The summed E-state index contributed by atoms with van der Waals surface area (Å²) in [6.45, 7) is 0. The van der Waals surface area contributed by atoms with Crippen molar-refractivity contribution in [3.8, 4) is 0 Å². The molecule has 0 bridgehead atoms. The molecule has 2 atom stereocenters. The highest BCUT2D eigenvalue weighted by Gasteiger charge is 2.43. The minimum Gasteiger partial charge on any atom is -0.268 e. The number of amides is 2. The summed E-state index contributed by atoms with van der Waals surface area (Å²) in [4.78, 5) is 33.4. The summed E-state index contributed by atoms with van der Waals surface area (Å²) in [5.74, 6) is -1.45. The number of nitrogens with zero attached hydrogens (tertiary/aromatic N) is 1. The van der Waals surface area contributed by atoms with Gasteiger partial charge in [0.1, 0.15) is 0 Å². The number of benzene rings is 1. The van der Waals surface area contributed by atoms with Gasteiger partial charge >= 0.3 is 8.25 Å². The van der Waals surface area contributed by atoms with Gasteiger partial charge in [-0.2, -0.15) is 0 Å². The van der Waals surface area contributed by atoms with Crippen LogP contribution in [0.4, 0.5) is 0 Å². The smallest absolute Gasteiger partial charge is 0.268 e. The van der Waals surface area contributed by atoms with Crippen molar-refractivity contribution in [2.75, 3.05) is 5.88 Å². The van der Waals surface area contributed by atoms with Gasteiger partial charge in [0.05, 0.1) is 17.0 Å². The molecule has 1 aromatic carbocycles. The summed E-state index contributed by atoms with van der Waals surface area (Å²) in [7, 11) is -2.96. The van der Waals surface area contributed by atoms with E-state index in [1.807, 2.05) is 0 Å². The van der Waals surface area contributed by atoms with Crippen LogP contribution in [0, 0.1) is 0 Å². The maximum absolute atomic E-state index is 12.0. The Kier molecular flexibility index (Phi) is 3.73. The lowest BCUT2D eigenvalue weighted by molar-refractivity contribution is 0.0303. The lowest BCUT2D eigenvalue weighted by Gasteiger charge is -2.18. The molecule has 2 amide bonds. The van der Waals surface area contributed by atoms with E-state index in [4.69, 9.17) is 16.5 Å². The highest BCUT2D eigenvalue weighted by molar-refractivity contribution is 7.32.